The Hall–Kier alpha value is -2.68. The van der Waals surface area contributed by atoms with Gasteiger partial charge in [-0.1, -0.05) is 138 Å². The van der Waals surface area contributed by atoms with Crippen molar-refractivity contribution in [3.63, 3.8) is 0 Å². The number of allylic oxidation sites excluding steroid dienone is 1. The third-order valence-electron chi connectivity index (χ3n) is 17.3. The summed E-state index contributed by atoms with van der Waals surface area (Å²) >= 11 is 0. The lowest BCUT2D eigenvalue weighted by molar-refractivity contribution is -0.251. The van der Waals surface area contributed by atoms with Crippen molar-refractivity contribution >= 4 is 0 Å². The van der Waals surface area contributed by atoms with Gasteiger partial charge in [0, 0.05) is 0 Å². The van der Waals surface area contributed by atoms with Crippen LogP contribution in [0.3, 0.4) is 0 Å². The van der Waals surface area contributed by atoms with Crippen LogP contribution in [0.5, 0.6) is 0 Å². The van der Waals surface area contributed by atoms with E-state index in [2.05, 4.69) is 133 Å². The molecule has 0 amide bonds. The normalized spacial score (nSPS) is 40.0. The fraction of sp³-hybridized carbons (Fsp3) is 0.592. The Bertz CT molecular complexity index is 1620. The topological polar surface area (TPSA) is 29.5 Å². The van der Waals surface area contributed by atoms with Gasteiger partial charge in [0.2, 0.25) is 0 Å². The third kappa shape index (κ3) is 5.01. The summed E-state index contributed by atoms with van der Waals surface area (Å²) < 4.78 is 7.77. The quantitative estimate of drug-likeness (QED) is 0.198. The van der Waals surface area contributed by atoms with Crippen molar-refractivity contribution < 1.29 is 9.84 Å². The second-order valence-electron chi connectivity index (χ2n) is 19.5. The zero-order chi connectivity index (χ0) is 35.9. The highest BCUT2D eigenvalue weighted by Gasteiger charge is 2.71. The summed E-state index contributed by atoms with van der Waals surface area (Å²) in [6.07, 6.45) is 12.1. The molecule has 3 aromatic carbocycles. The Morgan fingerprint density at radius 2 is 1.24 bits per heavy atom. The van der Waals surface area contributed by atoms with Crippen LogP contribution in [0.15, 0.2) is 103 Å². The summed E-state index contributed by atoms with van der Waals surface area (Å²) in [4.78, 5) is 0. The van der Waals surface area contributed by atoms with E-state index in [1.54, 1.807) is 0 Å². The van der Waals surface area contributed by atoms with E-state index in [1.165, 1.54) is 80.1 Å². The Kier molecular flexibility index (Phi) is 8.63. The van der Waals surface area contributed by atoms with Gasteiger partial charge in [-0.25, -0.2) is 0 Å². The van der Waals surface area contributed by atoms with Gasteiger partial charge < -0.3 is 9.84 Å². The van der Waals surface area contributed by atoms with Crippen molar-refractivity contribution in [1.82, 2.24) is 0 Å². The van der Waals surface area contributed by atoms with Crippen molar-refractivity contribution in [2.45, 2.75) is 117 Å². The molecule has 0 radical (unpaired) electrons. The molecule has 0 spiro atoms. The van der Waals surface area contributed by atoms with Gasteiger partial charge in [0.25, 0.3) is 0 Å². The van der Waals surface area contributed by atoms with Crippen LogP contribution >= 0.6 is 0 Å². The average Bonchev–Trinajstić information content (AvgIpc) is 3.52. The van der Waals surface area contributed by atoms with Crippen molar-refractivity contribution in [3.05, 3.63) is 120 Å². The van der Waals surface area contributed by atoms with E-state index < -0.39 is 5.60 Å². The fourth-order valence-corrected chi connectivity index (χ4v) is 14.5. The summed E-state index contributed by atoms with van der Waals surface area (Å²) in [5.74, 6) is 3.12. The molecule has 0 saturated heterocycles. The Morgan fingerprint density at radius 1 is 0.667 bits per heavy atom. The van der Waals surface area contributed by atoms with Crippen LogP contribution in [0.1, 0.15) is 122 Å². The summed E-state index contributed by atoms with van der Waals surface area (Å²) in [6.45, 7) is 20.7. The minimum absolute atomic E-state index is 0.00952. The zero-order valence-electron chi connectivity index (χ0n) is 32.5. The molecule has 5 aliphatic rings. The first kappa shape index (κ1) is 35.4. The van der Waals surface area contributed by atoms with Gasteiger partial charge in [-0.2, -0.15) is 0 Å². The number of ether oxygens (including phenoxy) is 1. The van der Waals surface area contributed by atoms with E-state index in [0.717, 1.165) is 13.0 Å². The molecule has 5 saturated carbocycles. The highest BCUT2D eigenvalue weighted by atomic mass is 16.5. The van der Waals surface area contributed by atoms with E-state index in [1.807, 2.05) is 0 Å². The molecule has 3 aromatic rings. The molecular formula is C49H64O2. The number of benzene rings is 3. The highest BCUT2D eigenvalue weighted by molar-refractivity contribution is 5.47. The molecular weight excluding hydrogens is 621 g/mol. The summed E-state index contributed by atoms with van der Waals surface area (Å²) in [6, 6.07) is 33.0. The van der Waals surface area contributed by atoms with Crippen LogP contribution in [0.2, 0.25) is 0 Å². The molecule has 1 N–H and O–H groups in total. The largest absolute Gasteiger partial charge is 0.393 e. The smallest absolute Gasteiger partial charge is 0.143 e. The molecule has 2 nitrogen and oxygen atoms in total. The second-order valence-corrected chi connectivity index (χ2v) is 19.5. The Labute approximate surface area is 309 Å². The summed E-state index contributed by atoms with van der Waals surface area (Å²) in [7, 11) is 0. The fourth-order valence-electron chi connectivity index (χ4n) is 14.5. The van der Waals surface area contributed by atoms with Gasteiger partial charge in [0.05, 0.1) is 12.7 Å². The maximum atomic E-state index is 11.2. The minimum Gasteiger partial charge on any atom is -0.393 e. The maximum Gasteiger partial charge on any atom is 0.143 e. The van der Waals surface area contributed by atoms with Crippen LogP contribution < -0.4 is 0 Å². The van der Waals surface area contributed by atoms with Crippen LogP contribution in [0, 0.1) is 56.7 Å². The van der Waals surface area contributed by atoms with Crippen LogP contribution in [0.25, 0.3) is 0 Å². The monoisotopic (exact) mass is 684 g/mol. The Balaban J connectivity index is 1.19. The van der Waals surface area contributed by atoms with Gasteiger partial charge in [-0.05, 0) is 144 Å². The number of hydrogen-bond donors (Lipinski definition) is 1. The van der Waals surface area contributed by atoms with Crippen LogP contribution in [-0.4, -0.2) is 17.8 Å². The lowest BCUT2D eigenvalue weighted by Gasteiger charge is -2.73. The molecule has 51 heavy (non-hydrogen) atoms. The van der Waals surface area contributed by atoms with E-state index in [9.17, 15) is 5.11 Å². The van der Waals surface area contributed by atoms with Gasteiger partial charge in [-0.15, -0.1) is 0 Å². The SMILES string of the molecule is C=C(C)C1CC[C@]2(COC(c3ccccc3)(c3ccccc3)c3ccccc3)CC[C@]3(C)[C@H](CC[C@@H]4[C@@]5(C)CC[C@H](O)C(C)(C)[C@@H]5CC[C@]43C)C12. The highest BCUT2D eigenvalue weighted by Crippen LogP contribution is 2.77. The molecule has 0 aliphatic heterocycles. The van der Waals surface area contributed by atoms with E-state index in [4.69, 9.17) is 11.3 Å². The van der Waals surface area contributed by atoms with Gasteiger partial charge in [0.15, 0.2) is 0 Å². The molecule has 2 heteroatoms. The zero-order valence-corrected chi connectivity index (χ0v) is 32.5. The van der Waals surface area contributed by atoms with E-state index >= 15 is 0 Å². The van der Waals surface area contributed by atoms with Crippen molar-refractivity contribution in [1.29, 1.82) is 0 Å². The lowest BCUT2D eigenvalue weighted by Crippen LogP contribution is -2.66. The maximum absolute atomic E-state index is 11.2. The number of rotatable bonds is 7. The molecule has 10 atom stereocenters. The number of hydrogen-bond acceptors (Lipinski definition) is 2. The van der Waals surface area contributed by atoms with Gasteiger partial charge in [-0.3, -0.25) is 0 Å². The molecule has 272 valence electrons. The predicted octanol–water partition coefficient (Wildman–Crippen LogP) is 12.0. The molecule has 8 rings (SSSR count). The first-order valence-electron chi connectivity index (χ1n) is 20.5. The first-order chi connectivity index (χ1) is 24.3. The summed E-state index contributed by atoms with van der Waals surface area (Å²) in [5, 5.41) is 11.2. The average molecular weight is 685 g/mol. The standard InChI is InChI=1S/C49H64O2/c1-34(2)38-25-30-48(33-51-49(35-17-11-8-12-18-35,36-19-13-9-14-20-36)37-21-15-10-16-22-37)32-31-46(6)39(43(38)48)23-24-41-45(5)28-27-42(50)44(3,4)40(45)26-29-47(41,46)7/h8-22,38-43,50H,1,23-33H2,2-7H3/t38?,39-,40+,41-,42+,43?,45+,46-,47-,48-/m1/s1. The first-order valence-corrected chi connectivity index (χ1v) is 20.5. The number of aliphatic hydroxyl groups is 1. The number of fused-ring (bicyclic) bond motifs is 7. The van der Waals surface area contributed by atoms with Crippen molar-refractivity contribution in [2.24, 2.45) is 56.7 Å². The minimum atomic E-state index is -0.694. The van der Waals surface area contributed by atoms with Crippen LogP contribution in [0.4, 0.5) is 0 Å². The lowest BCUT2D eigenvalue weighted by atomic mass is 9.32. The van der Waals surface area contributed by atoms with E-state index in [-0.39, 0.29) is 22.3 Å². The van der Waals surface area contributed by atoms with Crippen molar-refractivity contribution in [2.75, 3.05) is 6.61 Å². The molecule has 5 fully saturated rings. The predicted molar refractivity (Wildman–Crippen MR) is 210 cm³/mol. The molecule has 0 bridgehead atoms. The van der Waals surface area contributed by atoms with Crippen molar-refractivity contribution in [3.8, 4) is 0 Å². The van der Waals surface area contributed by atoms with Gasteiger partial charge in [0.1, 0.15) is 5.60 Å². The summed E-state index contributed by atoms with van der Waals surface area (Å²) in [5.41, 5.74) is 5.28. The Morgan fingerprint density at radius 3 is 1.78 bits per heavy atom. The molecule has 2 unspecified atom stereocenters. The third-order valence-corrected chi connectivity index (χ3v) is 17.3. The molecule has 0 heterocycles. The van der Waals surface area contributed by atoms with E-state index in [0.29, 0.717) is 40.4 Å². The molecule has 5 aliphatic carbocycles. The number of aliphatic hydroxyl groups excluding tert-OH is 1. The second kappa shape index (κ2) is 12.4. The van der Waals surface area contributed by atoms with Crippen LogP contribution in [-0.2, 0) is 10.3 Å². The van der Waals surface area contributed by atoms with Gasteiger partial charge >= 0.3 is 0 Å². The molecule has 0 aromatic heterocycles.